The molecule has 1 fully saturated rings. The van der Waals surface area contributed by atoms with E-state index in [-0.39, 0.29) is 11.6 Å². The third-order valence-corrected chi connectivity index (χ3v) is 4.12. The van der Waals surface area contributed by atoms with Crippen molar-refractivity contribution in [3.05, 3.63) is 21.0 Å². The summed E-state index contributed by atoms with van der Waals surface area (Å²) in [6, 6.07) is 0.592. The van der Waals surface area contributed by atoms with Gasteiger partial charge in [0.05, 0.1) is 17.9 Å². The Kier molecular flexibility index (Phi) is 4.10. The van der Waals surface area contributed by atoms with E-state index in [0.717, 1.165) is 11.6 Å². The summed E-state index contributed by atoms with van der Waals surface area (Å²) in [5, 5.41) is 7.61. The summed E-state index contributed by atoms with van der Waals surface area (Å²) in [7, 11) is 0. The van der Waals surface area contributed by atoms with E-state index in [0.29, 0.717) is 10.5 Å². The molecule has 18 heavy (non-hydrogen) atoms. The van der Waals surface area contributed by atoms with Crippen molar-refractivity contribution in [1.82, 2.24) is 9.78 Å². The molecule has 0 amide bonds. The summed E-state index contributed by atoms with van der Waals surface area (Å²) < 4.78 is 2.08. The highest BCUT2D eigenvalue weighted by molar-refractivity contribution is 9.10. The Bertz CT molecular complexity index is 484. The summed E-state index contributed by atoms with van der Waals surface area (Å²) in [5.74, 6) is 0.759. The van der Waals surface area contributed by atoms with Crippen LogP contribution in [0, 0.1) is 5.92 Å². The minimum atomic E-state index is -0.0670. The van der Waals surface area contributed by atoms with Crippen LogP contribution in [0.25, 0.3) is 0 Å². The first-order valence-electron chi connectivity index (χ1n) is 6.58. The van der Waals surface area contributed by atoms with Crippen molar-refractivity contribution in [2.45, 2.75) is 52.1 Å². The maximum Gasteiger partial charge on any atom is 0.283 e. The van der Waals surface area contributed by atoms with E-state index in [1.807, 2.05) is 13.8 Å². The Labute approximate surface area is 116 Å². The molecular weight excluding hydrogens is 294 g/mol. The van der Waals surface area contributed by atoms with Gasteiger partial charge in [0.25, 0.3) is 5.56 Å². The number of hydrogen-bond acceptors (Lipinski definition) is 3. The van der Waals surface area contributed by atoms with Gasteiger partial charge in [-0.05, 0) is 48.5 Å². The van der Waals surface area contributed by atoms with Crippen LogP contribution in [0.3, 0.4) is 0 Å². The standard InChI is InChI=1S/C13H20BrN3O/c1-4-5-9-6-10(9)16-11-7-15-17(8(2)3)13(18)12(11)14/h7-10,16H,4-6H2,1-3H3. The zero-order chi connectivity index (χ0) is 13.3. The van der Waals surface area contributed by atoms with E-state index in [4.69, 9.17) is 0 Å². The van der Waals surface area contributed by atoms with Crippen molar-refractivity contribution in [3.63, 3.8) is 0 Å². The minimum Gasteiger partial charge on any atom is -0.380 e. The largest absolute Gasteiger partial charge is 0.380 e. The SMILES string of the molecule is CCCC1CC1Nc1cnn(C(C)C)c(=O)c1Br. The molecule has 1 aliphatic rings. The van der Waals surface area contributed by atoms with Crippen LogP contribution >= 0.6 is 15.9 Å². The number of anilines is 1. The second kappa shape index (κ2) is 5.43. The first-order chi connectivity index (χ1) is 8.54. The molecule has 4 nitrogen and oxygen atoms in total. The third-order valence-electron chi connectivity index (χ3n) is 3.36. The van der Waals surface area contributed by atoms with Crippen LogP contribution in [0.15, 0.2) is 15.5 Å². The molecule has 0 spiro atoms. The van der Waals surface area contributed by atoms with Crippen LogP contribution in [0.2, 0.25) is 0 Å². The van der Waals surface area contributed by atoms with Gasteiger partial charge in [0, 0.05) is 6.04 Å². The van der Waals surface area contributed by atoms with Crippen molar-refractivity contribution in [3.8, 4) is 0 Å². The molecule has 0 aromatic carbocycles. The Morgan fingerprint density at radius 2 is 2.33 bits per heavy atom. The van der Waals surface area contributed by atoms with Gasteiger partial charge in [-0.3, -0.25) is 4.79 Å². The van der Waals surface area contributed by atoms with E-state index >= 15 is 0 Å². The lowest BCUT2D eigenvalue weighted by Gasteiger charge is -2.12. The first kappa shape index (κ1) is 13.6. The predicted molar refractivity (Wildman–Crippen MR) is 77.0 cm³/mol. The monoisotopic (exact) mass is 313 g/mol. The second-order valence-corrected chi connectivity index (χ2v) is 6.04. The van der Waals surface area contributed by atoms with Gasteiger partial charge in [-0.15, -0.1) is 0 Å². The van der Waals surface area contributed by atoms with Crippen molar-refractivity contribution >= 4 is 21.6 Å². The van der Waals surface area contributed by atoms with E-state index in [9.17, 15) is 4.79 Å². The normalized spacial score (nSPS) is 22.3. The highest BCUT2D eigenvalue weighted by Crippen LogP contribution is 2.37. The highest BCUT2D eigenvalue weighted by atomic mass is 79.9. The van der Waals surface area contributed by atoms with Gasteiger partial charge in [-0.25, -0.2) is 4.68 Å². The summed E-state index contributed by atoms with van der Waals surface area (Å²) in [5.41, 5.74) is 0.753. The Balaban J connectivity index is 2.11. The number of rotatable bonds is 5. The van der Waals surface area contributed by atoms with Gasteiger partial charge in [0.15, 0.2) is 0 Å². The average molecular weight is 314 g/mol. The first-order valence-corrected chi connectivity index (χ1v) is 7.37. The van der Waals surface area contributed by atoms with Gasteiger partial charge in [0.1, 0.15) is 4.47 Å². The smallest absolute Gasteiger partial charge is 0.283 e. The fraction of sp³-hybridized carbons (Fsp3) is 0.692. The molecule has 5 heteroatoms. The second-order valence-electron chi connectivity index (χ2n) is 5.25. The van der Waals surface area contributed by atoms with Crippen molar-refractivity contribution < 1.29 is 0 Å². The zero-order valence-corrected chi connectivity index (χ0v) is 12.7. The van der Waals surface area contributed by atoms with Gasteiger partial charge >= 0.3 is 0 Å². The molecule has 0 saturated heterocycles. The quantitative estimate of drug-likeness (QED) is 0.908. The topological polar surface area (TPSA) is 46.9 Å². The Morgan fingerprint density at radius 1 is 1.61 bits per heavy atom. The fourth-order valence-electron chi connectivity index (χ4n) is 2.23. The van der Waals surface area contributed by atoms with Gasteiger partial charge < -0.3 is 5.32 Å². The number of hydrogen-bond donors (Lipinski definition) is 1. The molecule has 0 radical (unpaired) electrons. The van der Waals surface area contributed by atoms with Crippen LogP contribution in [0.5, 0.6) is 0 Å². The van der Waals surface area contributed by atoms with Crippen molar-refractivity contribution in [1.29, 1.82) is 0 Å². The number of aromatic nitrogens is 2. The summed E-state index contributed by atoms with van der Waals surface area (Å²) in [6.45, 7) is 6.11. The molecule has 100 valence electrons. The maximum atomic E-state index is 12.1. The molecule has 2 rings (SSSR count). The summed E-state index contributed by atoms with van der Waals surface area (Å²) in [6.07, 6.45) is 5.42. The van der Waals surface area contributed by atoms with Gasteiger partial charge in [-0.2, -0.15) is 5.10 Å². The molecule has 0 aliphatic heterocycles. The third kappa shape index (κ3) is 2.76. The Morgan fingerprint density at radius 3 is 2.94 bits per heavy atom. The molecule has 1 aromatic heterocycles. The average Bonchev–Trinajstić information content (AvgIpc) is 3.03. The predicted octanol–water partition coefficient (Wildman–Crippen LogP) is 3.19. The van der Waals surface area contributed by atoms with Gasteiger partial charge in [0.2, 0.25) is 0 Å². The lowest BCUT2D eigenvalue weighted by atomic mass is 10.2. The molecule has 2 unspecified atom stereocenters. The zero-order valence-electron chi connectivity index (χ0n) is 11.1. The van der Waals surface area contributed by atoms with Crippen molar-refractivity contribution in [2.24, 2.45) is 5.92 Å². The maximum absolute atomic E-state index is 12.1. The molecule has 1 aromatic rings. The molecule has 1 aliphatic carbocycles. The van der Waals surface area contributed by atoms with Crippen LogP contribution in [0.1, 0.15) is 46.1 Å². The van der Waals surface area contributed by atoms with E-state index < -0.39 is 0 Å². The summed E-state index contributed by atoms with van der Waals surface area (Å²) >= 11 is 3.38. The van der Waals surface area contributed by atoms with E-state index in [2.05, 4.69) is 33.3 Å². The number of halogens is 1. The molecule has 1 heterocycles. The molecule has 0 bridgehead atoms. The fourth-order valence-corrected chi connectivity index (χ4v) is 2.63. The molecule has 1 saturated carbocycles. The molecular formula is C13H20BrN3O. The number of nitrogens with one attached hydrogen (secondary N) is 1. The minimum absolute atomic E-state index is 0.0670. The van der Waals surface area contributed by atoms with Crippen LogP contribution in [0.4, 0.5) is 5.69 Å². The molecule has 1 N–H and O–H groups in total. The lowest BCUT2D eigenvalue weighted by molar-refractivity contribution is 0.501. The van der Waals surface area contributed by atoms with Crippen molar-refractivity contribution in [2.75, 3.05) is 5.32 Å². The van der Waals surface area contributed by atoms with Crippen LogP contribution in [-0.4, -0.2) is 15.8 Å². The van der Waals surface area contributed by atoms with Gasteiger partial charge in [-0.1, -0.05) is 13.3 Å². The van der Waals surface area contributed by atoms with E-state index in [1.165, 1.54) is 23.9 Å². The molecule has 2 atom stereocenters. The Hall–Kier alpha value is -0.840. The van der Waals surface area contributed by atoms with Crippen LogP contribution in [-0.2, 0) is 0 Å². The van der Waals surface area contributed by atoms with E-state index in [1.54, 1.807) is 6.20 Å². The summed E-state index contributed by atoms with van der Waals surface area (Å²) in [4.78, 5) is 12.1. The van der Waals surface area contributed by atoms with Crippen LogP contribution < -0.4 is 10.9 Å². The number of nitrogens with zero attached hydrogens (tertiary/aromatic N) is 2. The lowest BCUT2D eigenvalue weighted by Crippen LogP contribution is -2.26. The highest BCUT2D eigenvalue weighted by Gasteiger charge is 2.36.